The standard InChI is InChI=1S/C92H68N2/c1-90(2,3)65-49-51-73(52-50-65)94(72-41-23-10-24-42-72)75-54-58-81-83(62-75)89(64-48-56-79-77-44-26-28-46-85(77)92(87(79)60-64,68-33-15-6-16-34-68)69-35-17-7-18-36-69)80-57-53-74(93(70-37-19-8-20-38-70)71-39-21-9-22-40-71)61-82(80)88(81)63-47-55-78-76-43-25-27-45-84(76)91(86(78)59-63,66-29-11-4-12-30-66)67-31-13-5-14-32-67/h4-62H,1-3H3. The Bertz CT molecular complexity index is 5190. The van der Waals surface area contributed by atoms with Gasteiger partial charge in [-0.1, -0.05) is 294 Å². The number of nitrogens with zero attached hydrogens (tertiary/aromatic N) is 2. The minimum atomic E-state index is -0.616. The molecule has 0 fully saturated rings. The second kappa shape index (κ2) is 22.7. The Hall–Kier alpha value is -11.6. The van der Waals surface area contributed by atoms with Crippen LogP contribution in [0.2, 0.25) is 0 Å². The molecule has 446 valence electrons. The molecule has 0 aliphatic heterocycles. The lowest BCUT2D eigenvalue weighted by Crippen LogP contribution is -2.28. The third kappa shape index (κ3) is 8.92. The number of rotatable bonds is 12. The van der Waals surface area contributed by atoms with Crippen LogP contribution >= 0.6 is 0 Å². The molecule has 0 saturated heterocycles. The summed E-state index contributed by atoms with van der Waals surface area (Å²) < 4.78 is 0. The average Bonchev–Trinajstić information content (AvgIpc) is 1.52. The molecule has 0 saturated carbocycles. The van der Waals surface area contributed by atoms with Crippen molar-refractivity contribution in [2.45, 2.75) is 37.0 Å². The molecule has 0 spiro atoms. The molecule has 0 N–H and O–H groups in total. The van der Waals surface area contributed by atoms with Gasteiger partial charge in [-0.15, -0.1) is 0 Å². The second-order valence-electron chi connectivity index (χ2n) is 26.3. The molecule has 17 rings (SSSR count). The zero-order valence-electron chi connectivity index (χ0n) is 53.0. The van der Waals surface area contributed by atoms with E-state index in [1.54, 1.807) is 0 Å². The molecule has 94 heavy (non-hydrogen) atoms. The number of benzene rings is 15. The summed E-state index contributed by atoms with van der Waals surface area (Å²) in [6.45, 7) is 6.87. The maximum atomic E-state index is 2.56. The Labute approximate surface area is 551 Å². The minimum absolute atomic E-state index is 0.0114. The van der Waals surface area contributed by atoms with Gasteiger partial charge in [0.05, 0.1) is 10.8 Å². The van der Waals surface area contributed by atoms with E-state index in [1.165, 1.54) is 83.5 Å². The lowest BCUT2D eigenvalue weighted by molar-refractivity contribution is 0.590. The molecule has 0 amide bonds. The van der Waals surface area contributed by atoms with Gasteiger partial charge in [0, 0.05) is 34.1 Å². The molecule has 0 unspecified atom stereocenters. The maximum absolute atomic E-state index is 2.56. The fourth-order valence-electron chi connectivity index (χ4n) is 16.0. The molecule has 0 radical (unpaired) electrons. The number of hydrogen-bond acceptors (Lipinski definition) is 2. The lowest BCUT2D eigenvalue weighted by Gasteiger charge is -2.34. The smallest absolute Gasteiger partial charge is 0.0713 e. The van der Waals surface area contributed by atoms with E-state index in [2.05, 4.69) is 388 Å². The summed E-state index contributed by atoms with van der Waals surface area (Å²) >= 11 is 0. The first-order valence-electron chi connectivity index (χ1n) is 32.9. The predicted octanol–water partition coefficient (Wildman–Crippen LogP) is 24.3. The van der Waals surface area contributed by atoms with Crippen molar-refractivity contribution in [3.63, 3.8) is 0 Å². The van der Waals surface area contributed by atoms with Gasteiger partial charge in [-0.05, 0) is 206 Å². The fourth-order valence-corrected chi connectivity index (χ4v) is 16.0. The van der Waals surface area contributed by atoms with Gasteiger partial charge >= 0.3 is 0 Å². The van der Waals surface area contributed by atoms with Gasteiger partial charge in [0.2, 0.25) is 0 Å². The molecule has 15 aromatic rings. The van der Waals surface area contributed by atoms with Crippen LogP contribution in [0, 0.1) is 0 Å². The van der Waals surface area contributed by atoms with Crippen molar-refractivity contribution in [1.82, 2.24) is 0 Å². The van der Waals surface area contributed by atoms with E-state index in [1.807, 2.05) is 0 Å². The summed E-state index contributed by atoms with van der Waals surface area (Å²) in [4.78, 5) is 4.85. The van der Waals surface area contributed by atoms with Crippen LogP contribution in [0.15, 0.2) is 358 Å². The van der Waals surface area contributed by atoms with Crippen LogP contribution in [0.1, 0.15) is 70.8 Å². The van der Waals surface area contributed by atoms with Crippen LogP contribution in [0.5, 0.6) is 0 Å². The number of fused-ring (bicyclic) bond motifs is 8. The van der Waals surface area contributed by atoms with Crippen LogP contribution in [0.25, 0.3) is 66.1 Å². The monoisotopic (exact) mass is 1200 g/mol. The zero-order valence-corrected chi connectivity index (χ0v) is 53.0. The molecule has 2 aliphatic carbocycles. The van der Waals surface area contributed by atoms with Crippen LogP contribution in [0.3, 0.4) is 0 Å². The molecule has 0 atom stereocenters. The number of para-hydroxylation sites is 3. The molecular formula is C92H68N2. The van der Waals surface area contributed by atoms with E-state index in [-0.39, 0.29) is 5.41 Å². The van der Waals surface area contributed by atoms with Crippen LogP contribution in [-0.2, 0) is 16.2 Å². The molecular weight excluding hydrogens is 1130 g/mol. The van der Waals surface area contributed by atoms with Crippen molar-refractivity contribution in [2.75, 3.05) is 9.80 Å². The SMILES string of the molecule is CC(C)(C)c1ccc(N(c2ccccc2)c2ccc3c(-c4ccc5c(c4)C(c4ccccc4)(c4ccccc4)c4ccccc4-5)c4cc(N(c5ccccc5)c5ccccc5)ccc4c(-c4ccc5c(c4)C(c4ccccc4)(c4ccccc4)c4ccccc4-5)c3c2)cc1. The van der Waals surface area contributed by atoms with Gasteiger partial charge < -0.3 is 9.80 Å². The Morgan fingerprint density at radius 1 is 0.223 bits per heavy atom. The van der Waals surface area contributed by atoms with Gasteiger partial charge in [0.25, 0.3) is 0 Å². The van der Waals surface area contributed by atoms with Gasteiger partial charge in [-0.2, -0.15) is 0 Å². The van der Waals surface area contributed by atoms with Crippen molar-refractivity contribution >= 4 is 55.7 Å². The van der Waals surface area contributed by atoms with Crippen molar-refractivity contribution in [3.05, 3.63) is 408 Å². The highest BCUT2D eigenvalue weighted by atomic mass is 15.1. The minimum Gasteiger partial charge on any atom is -0.310 e. The summed E-state index contributed by atoms with van der Waals surface area (Å²) in [7, 11) is 0. The molecule has 0 aromatic heterocycles. The van der Waals surface area contributed by atoms with Crippen molar-refractivity contribution in [2.24, 2.45) is 0 Å². The van der Waals surface area contributed by atoms with E-state index < -0.39 is 10.8 Å². The number of hydrogen-bond donors (Lipinski definition) is 0. The first-order chi connectivity index (χ1) is 46.3. The Balaban J connectivity index is 1.02. The van der Waals surface area contributed by atoms with E-state index in [4.69, 9.17) is 0 Å². The maximum Gasteiger partial charge on any atom is 0.0713 e. The summed E-state index contributed by atoms with van der Waals surface area (Å²) in [5, 5.41) is 4.63. The topological polar surface area (TPSA) is 6.48 Å². The Morgan fingerprint density at radius 3 is 0.851 bits per heavy atom. The van der Waals surface area contributed by atoms with E-state index in [9.17, 15) is 0 Å². The molecule has 2 heteroatoms. The van der Waals surface area contributed by atoms with Gasteiger partial charge in [0.1, 0.15) is 0 Å². The average molecular weight is 1200 g/mol. The van der Waals surface area contributed by atoms with Crippen LogP contribution in [0.4, 0.5) is 34.1 Å². The molecule has 0 bridgehead atoms. The van der Waals surface area contributed by atoms with Gasteiger partial charge in [-0.25, -0.2) is 0 Å². The fraction of sp³-hybridized carbons (Fsp3) is 0.0652. The van der Waals surface area contributed by atoms with Crippen molar-refractivity contribution in [3.8, 4) is 44.5 Å². The molecule has 0 heterocycles. The van der Waals surface area contributed by atoms with E-state index in [0.717, 1.165) is 66.8 Å². The van der Waals surface area contributed by atoms with Gasteiger partial charge in [0.15, 0.2) is 0 Å². The Morgan fingerprint density at radius 2 is 0.511 bits per heavy atom. The quantitative estimate of drug-likeness (QED) is 0.113. The third-order valence-electron chi connectivity index (χ3n) is 20.1. The molecule has 2 aliphatic rings. The summed E-state index contributed by atoms with van der Waals surface area (Å²) in [6, 6.07) is 134. The largest absolute Gasteiger partial charge is 0.310 e. The lowest BCUT2D eigenvalue weighted by atomic mass is 9.67. The summed E-state index contributed by atoms with van der Waals surface area (Å²) in [6.07, 6.45) is 0. The second-order valence-corrected chi connectivity index (χ2v) is 26.3. The number of anilines is 6. The predicted molar refractivity (Wildman–Crippen MR) is 395 cm³/mol. The highest BCUT2D eigenvalue weighted by molar-refractivity contribution is 6.23. The van der Waals surface area contributed by atoms with Crippen molar-refractivity contribution in [1.29, 1.82) is 0 Å². The summed E-state index contributed by atoms with van der Waals surface area (Å²) in [5.74, 6) is 0. The highest BCUT2D eigenvalue weighted by Crippen LogP contribution is 2.60. The van der Waals surface area contributed by atoms with Crippen LogP contribution < -0.4 is 9.80 Å². The highest BCUT2D eigenvalue weighted by Gasteiger charge is 2.48. The van der Waals surface area contributed by atoms with Crippen molar-refractivity contribution < 1.29 is 0 Å². The van der Waals surface area contributed by atoms with Gasteiger partial charge in [-0.3, -0.25) is 0 Å². The first kappa shape index (κ1) is 56.4. The van der Waals surface area contributed by atoms with Crippen LogP contribution in [-0.4, -0.2) is 0 Å². The Kier molecular flexibility index (Phi) is 13.6. The summed E-state index contributed by atoms with van der Waals surface area (Å²) in [5.41, 5.74) is 26.2. The normalized spacial score (nSPS) is 13.2. The third-order valence-corrected chi connectivity index (χ3v) is 20.1. The first-order valence-corrected chi connectivity index (χ1v) is 32.9. The van der Waals surface area contributed by atoms with E-state index in [0.29, 0.717) is 0 Å². The van der Waals surface area contributed by atoms with E-state index >= 15 is 0 Å². The zero-order chi connectivity index (χ0) is 63.0. The molecule has 15 aromatic carbocycles. The molecule has 2 nitrogen and oxygen atoms in total.